The van der Waals surface area contributed by atoms with E-state index in [1.807, 2.05) is 4.90 Å². The summed E-state index contributed by atoms with van der Waals surface area (Å²) in [6.45, 7) is 6.92. The highest BCUT2D eigenvalue weighted by Gasteiger charge is 2.25. The van der Waals surface area contributed by atoms with Gasteiger partial charge in [-0.25, -0.2) is 0 Å². The Morgan fingerprint density at radius 1 is 1.35 bits per heavy atom. The summed E-state index contributed by atoms with van der Waals surface area (Å²) in [5.74, 6) is 1.03. The quantitative estimate of drug-likeness (QED) is 0.781. The molecule has 2 aliphatic rings. The van der Waals surface area contributed by atoms with Crippen molar-refractivity contribution in [2.45, 2.75) is 32.2 Å². The Bertz CT molecular complexity index is 263. The fourth-order valence-electron chi connectivity index (χ4n) is 2.87. The average molecular weight is 239 g/mol. The summed E-state index contributed by atoms with van der Waals surface area (Å²) in [4.78, 5) is 16.3. The van der Waals surface area contributed by atoms with E-state index in [9.17, 15) is 4.79 Å². The first-order chi connectivity index (χ1) is 8.16. The van der Waals surface area contributed by atoms with Crippen LogP contribution in [0.25, 0.3) is 0 Å². The lowest BCUT2D eigenvalue weighted by molar-refractivity contribution is -0.131. The molecule has 0 aromatic carbocycles. The van der Waals surface area contributed by atoms with Crippen molar-refractivity contribution in [3.63, 3.8) is 0 Å². The van der Waals surface area contributed by atoms with Gasteiger partial charge in [-0.05, 0) is 38.8 Å². The minimum Gasteiger partial charge on any atom is -0.342 e. The van der Waals surface area contributed by atoms with Crippen molar-refractivity contribution in [2.24, 2.45) is 5.92 Å². The molecule has 0 radical (unpaired) electrons. The first-order valence-corrected chi connectivity index (χ1v) is 6.85. The Hall–Kier alpha value is -0.610. The molecule has 4 nitrogen and oxygen atoms in total. The van der Waals surface area contributed by atoms with E-state index in [4.69, 9.17) is 0 Å². The van der Waals surface area contributed by atoms with Crippen LogP contribution in [0, 0.1) is 5.92 Å². The van der Waals surface area contributed by atoms with E-state index in [0.29, 0.717) is 18.5 Å². The molecule has 0 aromatic rings. The molecule has 2 rings (SSSR count). The highest BCUT2D eigenvalue weighted by atomic mass is 16.2. The van der Waals surface area contributed by atoms with Crippen molar-refractivity contribution in [1.29, 1.82) is 0 Å². The Labute approximate surface area is 104 Å². The van der Waals surface area contributed by atoms with E-state index < -0.39 is 0 Å². The summed E-state index contributed by atoms with van der Waals surface area (Å²) in [7, 11) is 2.08. The summed E-state index contributed by atoms with van der Waals surface area (Å²) in [5, 5.41) is 3.44. The maximum absolute atomic E-state index is 12.0. The summed E-state index contributed by atoms with van der Waals surface area (Å²) in [6.07, 6.45) is 3.56. The molecule has 0 aromatic heterocycles. The molecule has 2 unspecified atom stereocenters. The number of carbonyl (C=O) groups excluding carboxylic acids is 1. The van der Waals surface area contributed by atoms with E-state index in [1.165, 1.54) is 19.3 Å². The van der Waals surface area contributed by atoms with E-state index in [1.54, 1.807) is 0 Å². The molecular weight excluding hydrogens is 214 g/mol. The van der Waals surface area contributed by atoms with Crippen LogP contribution in [-0.2, 0) is 4.79 Å². The molecule has 2 saturated heterocycles. The number of carbonyl (C=O) groups is 1. The van der Waals surface area contributed by atoms with Gasteiger partial charge >= 0.3 is 0 Å². The second-order valence-electron chi connectivity index (χ2n) is 5.66. The fraction of sp³-hybridized carbons (Fsp3) is 0.923. The minimum absolute atomic E-state index is 0.309. The van der Waals surface area contributed by atoms with Gasteiger partial charge in [0.05, 0.1) is 6.54 Å². The number of nitrogens with zero attached hydrogens (tertiary/aromatic N) is 2. The molecule has 0 spiro atoms. The molecule has 4 heteroatoms. The SMILES string of the molecule is CC1CNCC(N(C)CC(=O)N2CCCC2)C1. The zero-order valence-corrected chi connectivity index (χ0v) is 11.1. The van der Waals surface area contributed by atoms with Crippen LogP contribution in [0.3, 0.4) is 0 Å². The van der Waals surface area contributed by atoms with Crippen molar-refractivity contribution in [3.05, 3.63) is 0 Å². The zero-order chi connectivity index (χ0) is 12.3. The molecule has 98 valence electrons. The monoisotopic (exact) mass is 239 g/mol. The third-order valence-corrected chi connectivity index (χ3v) is 4.01. The second-order valence-corrected chi connectivity index (χ2v) is 5.66. The number of hydrogen-bond donors (Lipinski definition) is 1. The van der Waals surface area contributed by atoms with E-state index in [2.05, 4.69) is 24.2 Å². The fourth-order valence-corrected chi connectivity index (χ4v) is 2.87. The first-order valence-electron chi connectivity index (χ1n) is 6.85. The molecule has 0 aliphatic carbocycles. The van der Waals surface area contributed by atoms with Crippen LogP contribution in [0.2, 0.25) is 0 Å². The maximum Gasteiger partial charge on any atom is 0.236 e. The molecule has 2 atom stereocenters. The second kappa shape index (κ2) is 5.83. The van der Waals surface area contributed by atoms with Crippen LogP contribution in [0.4, 0.5) is 0 Å². The van der Waals surface area contributed by atoms with Crippen LogP contribution in [0.5, 0.6) is 0 Å². The third kappa shape index (κ3) is 3.42. The minimum atomic E-state index is 0.309. The van der Waals surface area contributed by atoms with Crippen molar-refractivity contribution in [1.82, 2.24) is 15.1 Å². The van der Waals surface area contributed by atoms with E-state index >= 15 is 0 Å². The van der Waals surface area contributed by atoms with Crippen LogP contribution in [-0.4, -0.2) is 61.5 Å². The number of nitrogens with one attached hydrogen (secondary N) is 1. The van der Waals surface area contributed by atoms with Crippen molar-refractivity contribution < 1.29 is 4.79 Å². The summed E-state index contributed by atoms with van der Waals surface area (Å²) >= 11 is 0. The Kier molecular flexibility index (Phi) is 4.40. The van der Waals surface area contributed by atoms with E-state index in [0.717, 1.165) is 32.1 Å². The Balaban J connectivity index is 1.79. The van der Waals surface area contributed by atoms with Crippen LogP contribution in [0.1, 0.15) is 26.2 Å². The lowest BCUT2D eigenvalue weighted by Crippen LogP contribution is -2.50. The summed E-state index contributed by atoms with van der Waals surface area (Å²) < 4.78 is 0. The highest BCUT2D eigenvalue weighted by molar-refractivity contribution is 5.78. The maximum atomic E-state index is 12.0. The van der Waals surface area contributed by atoms with Gasteiger partial charge in [-0.15, -0.1) is 0 Å². The van der Waals surface area contributed by atoms with Gasteiger partial charge < -0.3 is 10.2 Å². The molecule has 2 aliphatic heterocycles. The van der Waals surface area contributed by atoms with Gasteiger partial charge in [0.15, 0.2) is 0 Å². The molecule has 1 N–H and O–H groups in total. The zero-order valence-electron chi connectivity index (χ0n) is 11.1. The molecule has 17 heavy (non-hydrogen) atoms. The molecule has 2 fully saturated rings. The van der Waals surface area contributed by atoms with Crippen molar-refractivity contribution in [3.8, 4) is 0 Å². The summed E-state index contributed by atoms with van der Waals surface area (Å²) in [5.41, 5.74) is 0. The smallest absolute Gasteiger partial charge is 0.236 e. The highest BCUT2D eigenvalue weighted by Crippen LogP contribution is 2.15. The van der Waals surface area contributed by atoms with Crippen molar-refractivity contribution >= 4 is 5.91 Å². The van der Waals surface area contributed by atoms with Gasteiger partial charge in [-0.2, -0.15) is 0 Å². The number of amides is 1. The van der Waals surface area contributed by atoms with Gasteiger partial charge in [0, 0.05) is 25.7 Å². The van der Waals surface area contributed by atoms with Gasteiger partial charge in [-0.1, -0.05) is 6.92 Å². The summed E-state index contributed by atoms with van der Waals surface area (Å²) in [6, 6.07) is 0.519. The molecule has 2 heterocycles. The van der Waals surface area contributed by atoms with Crippen LogP contribution < -0.4 is 5.32 Å². The van der Waals surface area contributed by atoms with Gasteiger partial charge in [0.25, 0.3) is 0 Å². The normalized spacial score (nSPS) is 29.9. The van der Waals surface area contributed by atoms with Crippen molar-refractivity contribution in [2.75, 3.05) is 39.8 Å². The van der Waals surface area contributed by atoms with Gasteiger partial charge in [0.1, 0.15) is 0 Å². The van der Waals surface area contributed by atoms with Gasteiger partial charge in [0.2, 0.25) is 5.91 Å². The topological polar surface area (TPSA) is 35.6 Å². The number of piperidine rings is 1. The lowest BCUT2D eigenvalue weighted by Gasteiger charge is -2.35. The largest absolute Gasteiger partial charge is 0.342 e. The van der Waals surface area contributed by atoms with E-state index in [-0.39, 0.29) is 0 Å². The Morgan fingerprint density at radius 3 is 2.71 bits per heavy atom. The predicted octanol–water partition coefficient (Wildman–Crippen LogP) is 0.539. The lowest BCUT2D eigenvalue weighted by atomic mass is 9.97. The van der Waals surface area contributed by atoms with Gasteiger partial charge in [-0.3, -0.25) is 9.69 Å². The molecular formula is C13H25N3O. The average Bonchev–Trinajstić information content (AvgIpc) is 2.82. The molecule has 0 bridgehead atoms. The number of rotatable bonds is 3. The number of likely N-dealkylation sites (N-methyl/N-ethyl adjacent to an activating group) is 1. The van der Waals surface area contributed by atoms with Crippen LogP contribution in [0.15, 0.2) is 0 Å². The first kappa shape index (κ1) is 12.8. The molecule has 0 saturated carbocycles. The molecule has 1 amide bonds. The standard InChI is InChI=1S/C13H25N3O/c1-11-7-12(9-14-8-11)15(2)10-13(17)16-5-3-4-6-16/h11-12,14H,3-10H2,1-2H3. The van der Waals surface area contributed by atoms with Crippen LogP contribution >= 0.6 is 0 Å². The number of likely N-dealkylation sites (tertiary alicyclic amines) is 1. The third-order valence-electron chi connectivity index (χ3n) is 4.01. The predicted molar refractivity (Wildman–Crippen MR) is 68.9 cm³/mol. The Morgan fingerprint density at radius 2 is 2.06 bits per heavy atom. The number of hydrogen-bond acceptors (Lipinski definition) is 3.